The maximum Gasteiger partial charge on any atom is 0.235 e. The average molecular weight is 1200 g/mol. The molecule has 19 rings (SSSR count). The van der Waals surface area contributed by atoms with Crippen molar-refractivity contribution in [1.82, 2.24) is 28.2 Å². The molecule has 5 heterocycles. The second-order valence-electron chi connectivity index (χ2n) is 24.5. The summed E-state index contributed by atoms with van der Waals surface area (Å²) in [7, 11) is 0. The lowest BCUT2D eigenvalue weighted by Gasteiger charge is -2.16. The molecule has 94 heavy (non-hydrogen) atoms. The summed E-state index contributed by atoms with van der Waals surface area (Å²) < 4.78 is 9.47. The van der Waals surface area contributed by atoms with Crippen LogP contribution in [0.4, 0.5) is 0 Å². The molecule has 19 aromatic rings. The van der Waals surface area contributed by atoms with E-state index in [1.54, 1.807) is 0 Å². The first-order valence-electron chi connectivity index (χ1n) is 32.1. The fraction of sp³-hybridized carbons (Fsp3) is 0. The van der Waals surface area contributed by atoms with Crippen LogP contribution in [-0.4, -0.2) is 28.2 Å². The van der Waals surface area contributed by atoms with Crippen molar-refractivity contribution >= 4 is 87.2 Å². The van der Waals surface area contributed by atoms with Gasteiger partial charge in [-0.05, 0) is 154 Å². The minimum absolute atomic E-state index is 0.583. The van der Waals surface area contributed by atoms with E-state index in [1.165, 1.54) is 54.4 Å². The lowest BCUT2D eigenvalue weighted by atomic mass is 9.92. The summed E-state index contributed by atoms with van der Waals surface area (Å²) in [5, 5.41) is 9.51. The highest BCUT2D eigenvalue weighted by Gasteiger charge is 2.23. The molecule has 0 bridgehead atoms. The van der Waals surface area contributed by atoms with Gasteiger partial charge < -0.3 is 13.7 Å². The lowest BCUT2D eigenvalue weighted by Crippen LogP contribution is -2.05. The minimum Gasteiger partial charge on any atom is -0.309 e. The Morgan fingerprint density at radius 1 is 0.170 bits per heavy atom. The third-order valence-corrected chi connectivity index (χ3v) is 19.2. The summed E-state index contributed by atoms with van der Waals surface area (Å²) >= 11 is 0. The molecule has 6 nitrogen and oxygen atoms in total. The van der Waals surface area contributed by atoms with Crippen LogP contribution in [0, 0.1) is 0 Å². The monoisotopic (exact) mass is 1200 g/mol. The van der Waals surface area contributed by atoms with Gasteiger partial charge in [-0.2, -0.15) is 0 Å². The number of nitrogens with zero attached hydrogens (tertiary/aromatic N) is 6. The third-order valence-electron chi connectivity index (χ3n) is 19.2. The number of fused-ring (bicyclic) bond motifs is 12. The Bertz CT molecular complexity index is 6210. The molecule has 6 heteroatoms. The number of rotatable bonds is 10. The van der Waals surface area contributed by atoms with Crippen LogP contribution in [-0.2, 0) is 0 Å². The maximum atomic E-state index is 5.76. The molecule has 438 valence electrons. The van der Waals surface area contributed by atoms with E-state index in [0.29, 0.717) is 5.95 Å². The number of hydrogen-bond acceptors (Lipinski definition) is 2. The zero-order valence-corrected chi connectivity index (χ0v) is 51.0. The molecule has 0 spiro atoms. The molecule has 0 radical (unpaired) electrons. The summed E-state index contributed by atoms with van der Waals surface area (Å²) in [4.78, 5) is 11.5. The number of para-hydroxylation sites is 6. The molecule has 0 amide bonds. The van der Waals surface area contributed by atoms with Crippen molar-refractivity contribution in [3.8, 4) is 90.0 Å². The first kappa shape index (κ1) is 53.2. The fourth-order valence-corrected chi connectivity index (χ4v) is 14.9. The number of benzene rings is 14. The highest BCUT2D eigenvalue weighted by molar-refractivity contribution is 6.15. The van der Waals surface area contributed by atoms with E-state index < -0.39 is 0 Å². The molecule has 14 aromatic carbocycles. The average Bonchev–Trinajstić information content (AvgIpc) is 1.57. The maximum absolute atomic E-state index is 5.76. The Labute approximate surface area is 542 Å². The predicted octanol–water partition coefficient (Wildman–Crippen LogP) is 22.9. The molecule has 0 fully saturated rings. The predicted molar refractivity (Wildman–Crippen MR) is 392 cm³/mol. The Hall–Kier alpha value is -12.6. The van der Waals surface area contributed by atoms with Gasteiger partial charge in [0, 0.05) is 71.3 Å². The van der Waals surface area contributed by atoms with Gasteiger partial charge in [-0.25, -0.2) is 9.97 Å². The van der Waals surface area contributed by atoms with Crippen LogP contribution in [0.5, 0.6) is 0 Å². The normalized spacial score (nSPS) is 11.8. The topological polar surface area (TPSA) is 45.5 Å². The summed E-state index contributed by atoms with van der Waals surface area (Å²) in [6.07, 6.45) is 0. The van der Waals surface area contributed by atoms with Crippen LogP contribution in [0.1, 0.15) is 0 Å². The lowest BCUT2D eigenvalue weighted by molar-refractivity contribution is 0.995. The van der Waals surface area contributed by atoms with Crippen molar-refractivity contribution in [3.05, 3.63) is 340 Å². The summed E-state index contributed by atoms with van der Waals surface area (Å²) in [5.41, 5.74) is 25.0. The highest BCUT2D eigenvalue weighted by atomic mass is 15.2. The van der Waals surface area contributed by atoms with Crippen LogP contribution >= 0.6 is 0 Å². The van der Waals surface area contributed by atoms with Gasteiger partial charge in [-0.3, -0.25) is 4.57 Å². The van der Waals surface area contributed by atoms with Gasteiger partial charge >= 0.3 is 0 Å². The van der Waals surface area contributed by atoms with Crippen molar-refractivity contribution < 1.29 is 0 Å². The minimum atomic E-state index is 0.583. The first-order valence-corrected chi connectivity index (χ1v) is 32.1. The molecule has 0 unspecified atom stereocenters. The van der Waals surface area contributed by atoms with E-state index in [4.69, 9.17) is 9.97 Å². The van der Waals surface area contributed by atoms with Gasteiger partial charge in [0.1, 0.15) is 0 Å². The largest absolute Gasteiger partial charge is 0.309 e. The molecular formula is C88H56N6. The van der Waals surface area contributed by atoms with Crippen molar-refractivity contribution in [2.45, 2.75) is 0 Å². The smallest absolute Gasteiger partial charge is 0.235 e. The van der Waals surface area contributed by atoms with Gasteiger partial charge in [-0.1, -0.05) is 231 Å². The first-order chi connectivity index (χ1) is 46.6. The molecule has 0 aliphatic rings. The van der Waals surface area contributed by atoms with E-state index in [0.717, 1.165) is 117 Å². The zero-order valence-electron chi connectivity index (χ0n) is 51.0. The summed E-state index contributed by atoms with van der Waals surface area (Å²) in [5.74, 6) is 0.583. The Balaban J connectivity index is 0.805. The van der Waals surface area contributed by atoms with Crippen LogP contribution in [0.15, 0.2) is 340 Å². The molecule has 0 aliphatic heterocycles. The van der Waals surface area contributed by atoms with Crippen LogP contribution in [0.3, 0.4) is 0 Å². The van der Waals surface area contributed by atoms with Gasteiger partial charge in [0.25, 0.3) is 0 Å². The summed E-state index contributed by atoms with van der Waals surface area (Å²) in [6.45, 7) is 0. The fourth-order valence-electron chi connectivity index (χ4n) is 14.9. The van der Waals surface area contributed by atoms with Crippen molar-refractivity contribution in [2.75, 3.05) is 0 Å². The Morgan fingerprint density at radius 3 is 1.07 bits per heavy atom. The molecule has 0 saturated carbocycles. The van der Waals surface area contributed by atoms with E-state index >= 15 is 0 Å². The molecule has 0 N–H and O–H groups in total. The third kappa shape index (κ3) is 8.58. The highest BCUT2D eigenvalue weighted by Crippen LogP contribution is 2.43. The van der Waals surface area contributed by atoms with Gasteiger partial charge in [0.15, 0.2) is 0 Å². The molecule has 0 atom stereocenters. The molecule has 5 aromatic heterocycles. The van der Waals surface area contributed by atoms with Crippen LogP contribution < -0.4 is 0 Å². The zero-order chi connectivity index (χ0) is 61.8. The van der Waals surface area contributed by atoms with Gasteiger partial charge in [0.05, 0.1) is 55.5 Å². The van der Waals surface area contributed by atoms with E-state index in [9.17, 15) is 0 Å². The number of aromatic nitrogens is 6. The quantitative estimate of drug-likeness (QED) is 0.137. The molecular weight excluding hydrogens is 1140 g/mol. The molecule has 0 aliphatic carbocycles. The van der Waals surface area contributed by atoms with E-state index in [1.807, 2.05) is 0 Å². The second-order valence-corrected chi connectivity index (χ2v) is 24.5. The van der Waals surface area contributed by atoms with E-state index in [-0.39, 0.29) is 0 Å². The van der Waals surface area contributed by atoms with Gasteiger partial charge in [0.2, 0.25) is 5.95 Å². The summed E-state index contributed by atoms with van der Waals surface area (Å²) in [6, 6.07) is 123. The molecule has 0 saturated heterocycles. The Kier molecular flexibility index (Phi) is 12.2. The standard InChI is InChI=1S/C88H56N6/c1-5-22-57(23-6-1)59-40-45-68(75(51-59)58-24-7-2-8-25-58)79-56-78(89-88(90-79)94-83-39-20-14-33-70(83)74-47-42-63(55-87(74)94)61-44-49-85-77(53-61)72-35-16-19-38-82(72)92(85)66-29-11-4-12-30-66)64-26-21-31-67(50-64)93-80-36-17-13-32-69(80)73-46-41-62(54-86(73)93)60-43-48-84-76(52-60)71-34-15-18-37-81(71)91(84)65-27-9-3-10-28-65/h1-56H. The van der Waals surface area contributed by atoms with E-state index in [2.05, 4.69) is 358 Å². The van der Waals surface area contributed by atoms with Crippen molar-refractivity contribution in [1.29, 1.82) is 0 Å². The van der Waals surface area contributed by atoms with Crippen molar-refractivity contribution in [3.63, 3.8) is 0 Å². The van der Waals surface area contributed by atoms with Gasteiger partial charge in [-0.15, -0.1) is 0 Å². The van der Waals surface area contributed by atoms with Crippen LogP contribution in [0.2, 0.25) is 0 Å². The van der Waals surface area contributed by atoms with Crippen LogP contribution in [0.25, 0.3) is 177 Å². The Morgan fingerprint density at radius 2 is 0.532 bits per heavy atom. The SMILES string of the molecule is c1ccc(-c2ccc(-c3cc(-c4cccc(-n5c6ccccc6c6ccc(-c7ccc8c(c7)c7ccccc7n8-c7ccccc7)cc65)c4)nc(-n4c5ccccc5c5ccc(-c6ccc7c(c6)c6ccccc6n7-c6ccccc6)cc54)n3)c(-c3ccccc3)c2)cc1. The van der Waals surface area contributed by atoms with Crippen molar-refractivity contribution in [2.24, 2.45) is 0 Å². The second kappa shape index (κ2) is 21.5. The number of hydrogen-bond donors (Lipinski definition) is 0.